The third-order valence-electron chi connectivity index (χ3n) is 4.94. The molecule has 0 atom stereocenters. The molecule has 0 radical (unpaired) electrons. The molecule has 8 heteroatoms. The molecule has 28 heavy (non-hydrogen) atoms. The Kier molecular flexibility index (Phi) is 5.38. The van der Waals surface area contributed by atoms with Gasteiger partial charge in [-0.3, -0.25) is 4.79 Å². The summed E-state index contributed by atoms with van der Waals surface area (Å²) in [6.07, 6.45) is 4.79. The fraction of sp³-hybridized carbons (Fsp3) is 0.400. The number of piperidine rings is 1. The first-order chi connectivity index (χ1) is 13.7. The zero-order valence-corrected chi connectivity index (χ0v) is 16.6. The van der Waals surface area contributed by atoms with Crippen LogP contribution in [0.4, 0.5) is 0 Å². The van der Waals surface area contributed by atoms with Gasteiger partial charge in [-0.2, -0.15) is 5.10 Å². The molecule has 0 bridgehead atoms. The maximum atomic E-state index is 12.8. The van der Waals surface area contributed by atoms with Crippen molar-refractivity contribution in [1.82, 2.24) is 19.7 Å². The van der Waals surface area contributed by atoms with Crippen LogP contribution in [-0.4, -0.2) is 51.2 Å². The molecule has 4 heterocycles. The molecule has 3 aromatic heterocycles. The Balaban J connectivity index is 1.60. The quantitative estimate of drug-likeness (QED) is 0.616. The number of aromatic nitrogens is 3. The van der Waals surface area contributed by atoms with E-state index in [4.69, 9.17) is 4.74 Å². The summed E-state index contributed by atoms with van der Waals surface area (Å²) in [4.78, 5) is 32.6. The summed E-state index contributed by atoms with van der Waals surface area (Å²) >= 11 is 1.55. The van der Waals surface area contributed by atoms with Crippen LogP contribution in [0.15, 0.2) is 29.8 Å². The standard InChI is InChI=1S/C20H22N4O3S/c1-2-24-19-15(12-21-24)14(11-16(22-19)17-7-6-10-28-17)20(26)27-13-18(25)23-8-4-3-5-9-23/h6-7,10-12H,2-5,8-9,13H2,1H3. The molecule has 3 aromatic rings. The molecule has 1 aliphatic heterocycles. The number of aryl methyl sites for hydroxylation is 1. The van der Waals surface area contributed by atoms with Crippen molar-refractivity contribution in [2.45, 2.75) is 32.7 Å². The van der Waals surface area contributed by atoms with E-state index in [1.807, 2.05) is 24.4 Å². The van der Waals surface area contributed by atoms with Crippen LogP contribution in [0.2, 0.25) is 0 Å². The number of nitrogens with zero attached hydrogens (tertiary/aromatic N) is 4. The van der Waals surface area contributed by atoms with Crippen LogP contribution in [0.1, 0.15) is 36.5 Å². The summed E-state index contributed by atoms with van der Waals surface area (Å²) in [6, 6.07) is 5.63. The number of pyridine rings is 1. The fourth-order valence-electron chi connectivity index (χ4n) is 3.44. The molecule has 0 aromatic carbocycles. The SMILES string of the molecule is CCn1ncc2c(C(=O)OCC(=O)N3CCCCC3)cc(-c3cccs3)nc21. The minimum atomic E-state index is -0.522. The van der Waals surface area contributed by atoms with E-state index in [2.05, 4.69) is 10.1 Å². The van der Waals surface area contributed by atoms with Gasteiger partial charge in [0.15, 0.2) is 12.3 Å². The number of hydrogen-bond donors (Lipinski definition) is 0. The summed E-state index contributed by atoms with van der Waals surface area (Å²) < 4.78 is 7.13. The molecular weight excluding hydrogens is 376 g/mol. The Bertz CT molecular complexity index is 990. The highest BCUT2D eigenvalue weighted by molar-refractivity contribution is 7.13. The predicted octanol–water partition coefficient (Wildman–Crippen LogP) is 3.35. The van der Waals surface area contributed by atoms with E-state index in [1.54, 1.807) is 33.2 Å². The fourth-order valence-corrected chi connectivity index (χ4v) is 4.12. The largest absolute Gasteiger partial charge is 0.452 e. The molecule has 1 amide bonds. The van der Waals surface area contributed by atoms with Gasteiger partial charge in [-0.15, -0.1) is 11.3 Å². The van der Waals surface area contributed by atoms with E-state index in [1.165, 1.54) is 0 Å². The molecule has 146 valence electrons. The highest BCUT2D eigenvalue weighted by Crippen LogP contribution is 2.28. The zero-order valence-electron chi connectivity index (χ0n) is 15.8. The van der Waals surface area contributed by atoms with Gasteiger partial charge in [-0.05, 0) is 43.7 Å². The van der Waals surface area contributed by atoms with Crippen LogP contribution < -0.4 is 0 Å². The zero-order chi connectivity index (χ0) is 19.5. The van der Waals surface area contributed by atoms with Gasteiger partial charge in [0.05, 0.1) is 27.7 Å². The van der Waals surface area contributed by atoms with Crippen LogP contribution in [0.5, 0.6) is 0 Å². The van der Waals surface area contributed by atoms with Gasteiger partial charge in [0.25, 0.3) is 5.91 Å². The number of carbonyl (C=O) groups is 2. The van der Waals surface area contributed by atoms with Crippen molar-refractivity contribution < 1.29 is 14.3 Å². The van der Waals surface area contributed by atoms with Crippen molar-refractivity contribution in [3.63, 3.8) is 0 Å². The Morgan fingerprint density at radius 3 is 2.79 bits per heavy atom. The van der Waals surface area contributed by atoms with Gasteiger partial charge in [0.1, 0.15) is 0 Å². The van der Waals surface area contributed by atoms with Crippen molar-refractivity contribution in [2.75, 3.05) is 19.7 Å². The first-order valence-corrected chi connectivity index (χ1v) is 10.4. The molecule has 0 N–H and O–H groups in total. The molecule has 0 spiro atoms. The lowest BCUT2D eigenvalue weighted by Crippen LogP contribution is -2.38. The number of fused-ring (bicyclic) bond motifs is 1. The maximum Gasteiger partial charge on any atom is 0.339 e. The van der Waals surface area contributed by atoms with Crippen molar-refractivity contribution in [3.8, 4) is 10.6 Å². The Morgan fingerprint density at radius 1 is 1.25 bits per heavy atom. The normalized spacial score (nSPS) is 14.4. The minimum absolute atomic E-state index is 0.138. The van der Waals surface area contributed by atoms with Crippen LogP contribution >= 0.6 is 11.3 Å². The number of carbonyl (C=O) groups excluding carboxylic acids is 2. The second kappa shape index (κ2) is 8.10. The Morgan fingerprint density at radius 2 is 2.07 bits per heavy atom. The third kappa shape index (κ3) is 3.64. The van der Waals surface area contributed by atoms with Gasteiger partial charge >= 0.3 is 5.97 Å². The monoisotopic (exact) mass is 398 g/mol. The van der Waals surface area contributed by atoms with Gasteiger partial charge in [-0.25, -0.2) is 14.5 Å². The Hall–Kier alpha value is -2.74. The van der Waals surface area contributed by atoms with Crippen LogP contribution in [-0.2, 0) is 16.1 Å². The molecule has 0 unspecified atom stereocenters. The molecule has 1 saturated heterocycles. The second-order valence-corrected chi connectivity index (χ2v) is 7.70. The number of likely N-dealkylation sites (tertiary alicyclic amines) is 1. The van der Waals surface area contributed by atoms with Gasteiger partial charge in [0, 0.05) is 19.6 Å². The number of hydrogen-bond acceptors (Lipinski definition) is 6. The summed E-state index contributed by atoms with van der Waals surface area (Å²) in [7, 11) is 0. The maximum absolute atomic E-state index is 12.8. The average Bonchev–Trinajstić information content (AvgIpc) is 3.41. The lowest BCUT2D eigenvalue weighted by molar-refractivity contribution is -0.135. The van der Waals surface area contributed by atoms with Crippen LogP contribution in [0.25, 0.3) is 21.6 Å². The lowest BCUT2D eigenvalue weighted by Gasteiger charge is -2.26. The van der Waals surface area contributed by atoms with Crippen LogP contribution in [0.3, 0.4) is 0 Å². The first kappa shape index (κ1) is 18.6. The number of ether oxygens (including phenoxy) is 1. The smallest absolute Gasteiger partial charge is 0.339 e. The number of esters is 1. The number of thiophene rings is 1. The van der Waals surface area contributed by atoms with Crippen molar-refractivity contribution in [2.24, 2.45) is 0 Å². The van der Waals surface area contributed by atoms with E-state index in [0.717, 1.165) is 37.2 Å². The van der Waals surface area contributed by atoms with E-state index in [9.17, 15) is 9.59 Å². The van der Waals surface area contributed by atoms with Crippen LogP contribution in [0, 0.1) is 0 Å². The van der Waals surface area contributed by atoms with Gasteiger partial charge in [-0.1, -0.05) is 6.07 Å². The molecule has 1 aliphatic rings. The third-order valence-corrected chi connectivity index (χ3v) is 5.83. The summed E-state index contributed by atoms with van der Waals surface area (Å²) in [6.45, 7) is 3.86. The molecule has 0 aliphatic carbocycles. The minimum Gasteiger partial charge on any atom is -0.452 e. The topological polar surface area (TPSA) is 77.3 Å². The van der Waals surface area contributed by atoms with Crippen molar-refractivity contribution in [3.05, 3.63) is 35.3 Å². The second-order valence-electron chi connectivity index (χ2n) is 6.75. The van der Waals surface area contributed by atoms with E-state index in [0.29, 0.717) is 28.8 Å². The molecule has 4 rings (SSSR count). The summed E-state index contributed by atoms with van der Waals surface area (Å²) in [5.74, 6) is -0.660. The molecule has 0 saturated carbocycles. The predicted molar refractivity (Wildman–Crippen MR) is 107 cm³/mol. The summed E-state index contributed by atoms with van der Waals surface area (Å²) in [5.41, 5.74) is 1.73. The highest BCUT2D eigenvalue weighted by atomic mass is 32.1. The highest BCUT2D eigenvalue weighted by Gasteiger charge is 2.22. The van der Waals surface area contributed by atoms with Crippen molar-refractivity contribution >= 4 is 34.2 Å². The molecular formula is C20H22N4O3S. The average molecular weight is 398 g/mol. The number of rotatable bonds is 5. The lowest BCUT2D eigenvalue weighted by atomic mass is 10.1. The molecule has 7 nitrogen and oxygen atoms in total. The van der Waals surface area contributed by atoms with E-state index >= 15 is 0 Å². The van der Waals surface area contributed by atoms with Gasteiger partial charge in [0.2, 0.25) is 0 Å². The van der Waals surface area contributed by atoms with E-state index < -0.39 is 5.97 Å². The van der Waals surface area contributed by atoms with Gasteiger partial charge < -0.3 is 9.64 Å². The number of amides is 1. The Labute approximate surface area is 166 Å². The van der Waals surface area contributed by atoms with E-state index in [-0.39, 0.29) is 12.5 Å². The molecule has 1 fully saturated rings. The summed E-state index contributed by atoms with van der Waals surface area (Å²) in [5, 5.41) is 6.93. The first-order valence-electron chi connectivity index (χ1n) is 9.52. The van der Waals surface area contributed by atoms with Crippen molar-refractivity contribution in [1.29, 1.82) is 0 Å².